The summed E-state index contributed by atoms with van der Waals surface area (Å²) >= 11 is 0. The van der Waals surface area contributed by atoms with Gasteiger partial charge in [-0.3, -0.25) is 0 Å². The molecule has 0 rings (SSSR count). The third kappa shape index (κ3) is 7.19. The minimum atomic E-state index is -2.37. The Morgan fingerprint density at radius 1 is 0.938 bits per heavy atom. The Bertz CT molecular complexity index is 144. The van der Waals surface area contributed by atoms with Crippen LogP contribution in [0.1, 0.15) is 27.2 Å². The first-order chi connectivity index (χ1) is 7.74. The minimum Gasteiger partial charge on any atom is -0.374 e. The van der Waals surface area contributed by atoms with Gasteiger partial charge in [-0.05, 0) is 33.4 Å². The lowest BCUT2D eigenvalue weighted by Gasteiger charge is -2.28. The van der Waals surface area contributed by atoms with Crippen molar-refractivity contribution in [2.75, 3.05) is 31.8 Å². The largest absolute Gasteiger partial charge is 0.500 e. The molecular weight excluding hydrogens is 260 g/mol. The van der Waals surface area contributed by atoms with Gasteiger partial charge >= 0.3 is 8.80 Å². The van der Waals surface area contributed by atoms with Gasteiger partial charge in [0.05, 0.1) is 0 Å². The molecule has 0 aromatic heterocycles. The third-order valence-electron chi connectivity index (χ3n) is 1.92. The fourth-order valence-electron chi connectivity index (χ4n) is 1.43. The van der Waals surface area contributed by atoms with Crippen molar-refractivity contribution in [2.24, 2.45) is 0 Å². The standard InChI is InChI=1S/C10H24O3S2Si/c1-5-11-16(12-6-2,13-7-3)10-8-9-15-14-4/h5-10H2,1-4H3. The van der Waals surface area contributed by atoms with E-state index >= 15 is 0 Å². The SMILES string of the molecule is CCO[Si](CCCSSC)(OCC)OCC. The molecule has 6 heteroatoms. The Morgan fingerprint density at radius 3 is 1.81 bits per heavy atom. The van der Waals surface area contributed by atoms with Gasteiger partial charge in [0.15, 0.2) is 0 Å². The topological polar surface area (TPSA) is 27.7 Å². The van der Waals surface area contributed by atoms with Gasteiger partial charge in [-0.15, -0.1) is 0 Å². The molecule has 0 unspecified atom stereocenters. The Hall–Kier alpha value is 0.797. The zero-order valence-corrected chi connectivity index (χ0v) is 13.4. The van der Waals surface area contributed by atoms with E-state index in [2.05, 4.69) is 6.26 Å². The second-order valence-corrected chi connectivity index (χ2v) is 8.49. The summed E-state index contributed by atoms with van der Waals surface area (Å²) in [6, 6.07) is 0.927. The molecule has 0 aliphatic carbocycles. The summed E-state index contributed by atoms with van der Waals surface area (Å²) in [6.07, 6.45) is 3.20. The van der Waals surface area contributed by atoms with Crippen LogP contribution in [0.3, 0.4) is 0 Å². The van der Waals surface area contributed by atoms with Gasteiger partial charge in [0, 0.05) is 31.6 Å². The highest BCUT2D eigenvalue weighted by Gasteiger charge is 2.39. The van der Waals surface area contributed by atoms with Crippen LogP contribution in [0.25, 0.3) is 0 Å². The summed E-state index contributed by atoms with van der Waals surface area (Å²) < 4.78 is 17.3. The molecule has 0 radical (unpaired) electrons. The van der Waals surface area contributed by atoms with E-state index < -0.39 is 8.80 Å². The average molecular weight is 285 g/mol. The van der Waals surface area contributed by atoms with Gasteiger partial charge in [0.1, 0.15) is 0 Å². The molecule has 0 amide bonds. The van der Waals surface area contributed by atoms with Gasteiger partial charge in [-0.25, -0.2) is 0 Å². The van der Waals surface area contributed by atoms with Crippen LogP contribution < -0.4 is 0 Å². The predicted molar refractivity (Wildman–Crippen MR) is 76.0 cm³/mol. The Kier molecular flexibility index (Phi) is 11.5. The second kappa shape index (κ2) is 10.9. The lowest BCUT2D eigenvalue weighted by Crippen LogP contribution is -2.46. The minimum absolute atomic E-state index is 0.669. The van der Waals surface area contributed by atoms with Crippen LogP contribution in [-0.4, -0.2) is 40.6 Å². The molecule has 3 nitrogen and oxygen atoms in total. The van der Waals surface area contributed by atoms with E-state index in [1.165, 1.54) is 0 Å². The second-order valence-electron chi connectivity index (χ2n) is 3.07. The van der Waals surface area contributed by atoms with E-state index in [0.717, 1.165) is 18.2 Å². The Labute approximate surface area is 109 Å². The quantitative estimate of drug-likeness (QED) is 0.329. The van der Waals surface area contributed by atoms with Crippen molar-refractivity contribution in [1.82, 2.24) is 0 Å². The summed E-state index contributed by atoms with van der Waals surface area (Å²) in [5.41, 5.74) is 0. The number of hydrogen-bond acceptors (Lipinski definition) is 5. The van der Waals surface area contributed by atoms with Crippen LogP contribution in [-0.2, 0) is 13.3 Å². The Morgan fingerprint density at radius 2 is 1.44 bits per heavy atom. The first kappa shape index (κ1) is 16.8. The summed E-state index contributed by atoms with van der Waals surface area (Å²) in [5, 5.41) is 0. The molecule has 16 heavy (non-hydrogen) atoms. The van der Waals surface area contributed by atoms with Crippen LogP contribution in [0.15, 0.2) is 0 Å². The normalized spacial score (nSPS) is 12.0. The summed E-state index contributed by atoms with van der Waals surface area (Å²) in [7, 11) is 1.31. The van der Waals surface area contributed by atoms with Crippen LogP contribution >= 0.6 is 21.6 Å². The van der Waals surface area contributed by atoms with Crippen LogP contribution in [0, 0.1) is 0 Å². The highest BCUT2D eigenvalue weighted by molar-refractivity contribution is 8.76. The number of rotatable bonds is 11. The smallest absolute Gasteiger partial charge is 0.374 e. The van der Waals surface area contributed by atoms with Crippen molar-refractivity contribution in [3.63, 3.8) is 0 Å². The first-order valence-corrected chi connectivity index (χ1v) is 10.5. The highest BCUT2D eigenvalue weighted by Crippen LogP contribution is 2.23. The van der Waals surface area contributed by atoms with E-state index in [4.69, 9.17) is 13.3 Å². The fraction of sp³-hybridized carbons (Fsp3) is 1.00. The lowest BCUT2D eigenvalue weighted by atomic mass is 10.6. The Balaban J connectivity index is 4.12. The monoisotopic (exact) mass is 284 g/mol. The maximum atomic E-state index is 5.77. The van der Waals surface area contributed by atoms with E-state index in [-0.39, 0.29) is 0 Å². The molecule has 98 valence electrons. The van der Waals surface area contributed by atoms with Gasteiger partial charge in [0.2, 0.25) is 0 Å². The van der Waals surface area contributed by atoms with Gasteiger partial charge in [-0.2, -0.15) is 0 Å². The highest BCUT2D eigenvalue weighted by atomic mass is 33.1. The molecule has 0 heterocycles. The molecule has 0 saturated heterocycles. The summed E-state index contributed by atoms with van der Waals surface area (Å²) in [5.74, 6) is 1.13. The van der Waals surface area contributed by atoms with Gasteiger partial charge < -0.3 is 13.3 Å². The zero-order chi connectivity index (χ0) is 12.3. The van der Waals surface area contributed by atoms with E-state index in [0.29, 0.717) is 19.8 Å². The molecule has 0 aliphatic rings. The van der Waals surface area contributed by atoms with E-state index in [1.54, 1.807) is 10.8 Å². The summed E-state index contributed by atoms with van der Waals surface area (Å²) in [4.78, 5) is 0. The first-order valence-electron chi connectivity index (χ1n) is 5.82. The van der Waals surface area contributed by atoms with Gasteiger partial charge in [-0.1, -0.05) is 21.6 Å². The third-order valence-corrected chi connectivity index (χ3v) is 6.97. The van der Waals surface area contributed by atoms with Crippen molar-refractivity contribution in [3.8, 4) is 0 Å². The van der Waals surface area contributed by atoms with Crippen molar-refractivity contribution >= 4 is 30.4 Å². The van der Waals surface area contributed by atoms with Crippen molar-refractivity contribution < 1.29 is 13.3 Å². The molecule has 0 saturated carbocycles. The molecular formula is C10H24O3S2Si. The van der Waals surface area contributed by atoms with Crippen molar-refractivity contribution in [2.45, 2.75) is 33.2 Å². The molecule has 0 aromatic carbocycles. The van der Waals surface area contributed by atoms with Crippen molar-refractivity contribution in [1.29, 1.82) is 0 Å². The fourth-order valence-corrected chi connectivity index (χ4v) is 5.58. The maximum Gasteiger partial charge on any atom is 0.500 e. The number of hydrogen-bond donors (Lipinski definition) is 0. The predicted octanol–water partition coefficient (Wildman–Crippen LogP) is 3.44. The summed E-state index contributed by atoms with van der Waals surface area (Å²) in [6.45, 7) is 8.00. The van der Waals surface area contributed by atoms with Crippen LogP contribution in [0.5, 0.6) is 0 Å². The molecule has 0 atom stereocenters. The lowest BCUT2D eigenvalue weighted by molar-refractivity contribution is 0.0712. The molecule has 0 N–H and O–H groups in total. The molecule has 0 bridgehead atoms. The van der Waals surface area contributed by atoms with E-state index in [1.807, 2.05) is 31.6 Å². The molecule has 0 spiro atoms. The zero-order valence-electron chi connectivity index (χ0n) is 10.8. The molecule has 0 fully saturated rings. The molecule has 0 aliphatic heterocycles. The van der Waals surface area contributed by atoms with Crippen molar-refractivity contribution in [3.05, 3.63) is 0 Å². The molecule has 0 aromatic rings. The van der Waals surface area contributed by atoms with Gasteiger partial charge in [0.25, 0.3) is 0 Å². The average Bonchev–Trinajstić information content (AvgIpc) is 2.26. The van der Waals surface area contributed by atoms with E-state index in [9.17, 15) is 0 Å². The van der Waals surface area contributed by atoms with Crippen LogP contribution in [0.4, 0.5) is 0 Å². The maximum absolute atomic E-state index is 5.77. The van der Waals surface area contributed by atoms with Crippen LogP contribution in [0.2, 0.25) is 6.04 Å².